The topological polar surface area (TPSA) is 26.0 Å². The second-order valence-corrected chi connectivity index (χ2v) is 5.13. The second kappa shape index (κ2) is 4.58. The maximum Gasteiger partial charge on any atom is 0.0452 e. The van der Waals surface area contributed by atoms with E-state index in [9.17, 15) is 0 Å². The van der Waals surface area contributed by atoms with E-state index in [1.807, 2.05) is 30.0 Å². The lowest BCUT2D eigenvalue weighted by Gasteiger charge is -2.16. The van der Waals surface area contributed by atoms with E-state index in [1.54, 1.807) is 0 Å². The molecule has 0 fully saturated rings. The smallest absolute Gasteiger partial charge is 0.0452 e. The van der Waals surface area contributed by atoms with Crippen molar-refractivity contribution in [2.75, 3.05) is 5.73 Å². The average Bonchev–Trinajstić information content (AvgIpc) is 2.74. The van der Waals surface area contributed by atoms with Crippen LogP contribution >= 0.6 is 11.8 Å². The van der Waals surface area contributed by atoms with Gasteiger partial charge in [0.05, 0.1) is 0 Å². The molecule has 0 saturated carbocycles. The quantitative estimate of drug-likeness (QED) is 0.619. The fourth-order valence-electron chi connectivity index (χ4n) is 1.63. The van der Waals surface area contributed by atoms with Gasteiger partial charge in [-0.05, 0) is 12.1 Å². The first kappa shape index (κ1) is 10.4. The summed E-state index contributed by atoms with van der Waals surface area (Å²) in [6.45, 7) is 2.24. The molecule has 1 aliphatic carbocycles. The summed E-state index contributed by atoms with van der Waals surface area (Å²) in [5, 5.41) is 0.532. The Morgan fingerprint density at radius 1 is 1.20 bits per heavy atom. The van der Waals surface area contributed by atoms with Gasteiger partial charge in [0.15, 0.2) is 0 Å². The van der Waals surface area contributed by atoms with Crippen LogP contribution in [0.5, 0.6) is 0 Å². The van der Waals surface area contributed by atoms with Gasteiger partial charge in [0.1, 0.15) is 0 Å². The zero-order chi connectivity index (χ0) is 10.7. The van der Waals surface area contributed by atoms with Crippen LogP contribution in [0, 0.1) is 5.92 Å². The molecule has 0 amide bonds. The van der Waals surface area contributed by atoms with E-state index in [0.29, 0.717) is 11.2 Å². The number of thioether (sulfide) groups is 1. The molecule has 2 heteroatoms. The minimum absolute atomic E-state index is 0.532. The highest BCUT2D eigenvalue weighted by molar-refractivity contribution is 8.00. The van der Waals surface area contributed by atoms with E-state index in [0.717, 1.165) is 5.69 Å². The van der Waals surface area contributed by atoms with Crippen LogP contribution in [-0.2, 0) is 0 Å². The summed E-state index contributed by atoms with van der Waals surface area (Å²) >= 11 is 1.84. The Hall–Kier alpha value is -1.15. The number of anilines is 1. The molecule has 0 aromatic heterocycles. The minimum atomic E-state index is 0.532. The molecule has 0 heterocycles. The number of nitrogen functional groups attached to an aromatic ring is 1. The highest BCUT2D eigenvalue weighted by Crippen LogP contribution is 2.33. The monoisotopic (exact) mass is 217 g/mol. The molecule has 0 spiro atoms. The SMILES string of the molecule is CC(Sc1ccccc1N)C1C=CC=C1. The highest BCUT2D eigenvalue weighted by Gasteiger charge is 2.15. The van der Waals surface area contributed by atoms with Crippen LogP contribution in [0.2, 0.25) is 0 Å². The molecule has 1 aromatic carbocycles. The van der Waals surface area contributed by atoms with Gasteiger partial charge in [0.25, 0.3) is 0 Å². The molecule has 15 heavy (non-hydrogen) atoms. The lowest BCUT2D eigenvalue weighted by Crippen LogP contribution is -2.07. The molecule has 1 atom stereocenters. The van der Waals surface area contributed by atoms with Gasteiger partial charge in [-0.3, -0.25) is 0 Å². The van der Waals surface area contributed by atoms with E-state index < -0.39 is 0 Å². The molecule has 0 bridgehead atoms. The number of benzene rings is 1. The van der Waals surface area contributed by atoms with Crippen molar-refractivity contribution in [3.63, 3.8) is 0 Å². The Balaban J connectivity index is 2.05. The third kappa shape index (κ3) is 2.45. The Morgan fingerprint density at radius 3 is 2.53 bits per heavy atom. The first-order valence-electron chi connectivity index (χ1n) is 5.13. The molecule has 2 N–H and O–H groups in total. The number of allylic oxidation sites excluding steroid dienone is 4. The fraction of sp³-hybridized carbons (Fsp3) is 0.231. The van der Waals surface area contributed by atoms with Crippen molar-refractivity contribution in [1.29, 1.82) is 0 Å². The molecule has 0 aliphatic heterocycles. The summed E-state index contributed by atoms with van der Waals surface area (Å²) in [5.74, 6) is 0.537. The lowest BCUT2D eigenvalue weighted by molar-refractivity contribution is 0.804. The summed E-state index contributed by atoms with van der Waals surface area (Å²) < 4.78 is 0. The lowest BCUT2D eigenvalue weighted by atomic mass is 10.1. The zero-order valence-corrected chi connectivity index (χ0v) is 9.58. The molecular formula is C13H15NS. The van der Waals surface area contributed by atoms with Crippen LogP contribution in [0.1, 0.15) is 6.92 Å². The van der Waals surface area contributed by atoms with Crippen molar-refractivity contribution in [3.8, 4) is 0 Å². The van der Waals surface area contributed by atoms with Crippen molar-refractivity contribution >= 4 is 17.4 Å². The third-order valence-corrected chi connectivity index (χ3v) is 3.86. The van der Waals surface area contributed by atoms with Gasteiger partial charge in [0.2, 0.25) is 0 Å². The van der Waals surface area contributed by atoms with E-state index >= 15 is 0 Å². The summed E-state index contributed by atoms with van der Waals surface area (Å²) in [7, 11) is 0. The van der Waals surface area contributed by atoms with Crippen molar-refractivity contribution in [2.45, 2.75) is 17.1 Å². The van der Waals surface area contributed by atoms with Gasteiger partial charge in [0, 0.05) is 21.8 Å². The summed E-state index contributed by atoms with van der Waals surface area (Å²) in [5.41, 5.74) is 6.79. The largest absolute Gasteiger partial charge is 0.398 e. The van der Waals surface area contributed by atoms with Gasteiger partial charge in [-0.25, -0.2) is 0 Å². The molecule has 0 radical (unpaired) electrons. The van der Waals surface area contributed by atoms with Crippen molar-refractivity contribution in [3.05, 3.63) is 48.6 Å². The summed E-state index contributed by atoms with van der Waals surface area (Å²) in [6, 6.07) is 8.04. The maximum absolute atomic E-state index is 5.91. The second-order valence-electron chi connectivity index (χ2n) is 3.71. The van der Waals surface area contributed by atoms with E-state index in [1.165, 1.54) is 4.90 Å². The van der Waals surface area contributed by atoms with Crippen LogP contribution in [0.15, 0.2) is 53.5 Å². The Bertz CT molecular complexity index is 383. The van der Waals surface area contributed by atoms with Crippen LogP contribution in [0.25, 0.3) is 0 Å². The molecular weight excluding hydrogens is 202 g/mol. The van der Waals surface area contributed by atoms with Gasteiger partial charge in [-0.15, -0.1) is 11.8 Å². The molecule has 1 nitrogen and oxygen atoms in total. The maximum atomic E-state index is 5.91. The van der Waals surface area contributed by atoms with Gasteiger partial charge in [-0.1, -0.05) is 43.4 Å². The standard InChI is InChI=1S/C13H15NS/c1-10(11-6-2-3-7-11)15-13-9-5-4-8-12(13)14/h2-11H,14H2,1H3. The fourth-order valence-corrected chi connectivity index (χ4v) is 2.73. The van der Waals surface area contributed by atoms with Crippen LogP contribution in [-0.4, -0.2) is 5.25 Å². The number of rotatable bonds is 3. The van der Waals surface area contributed by atoms with E-state index in [4.69, 9.17) is 5.73 Å². The normalized spacial score (nSPS) is 17.1. The highest BCUT2D eigenvalue weighted by atomic mass is 32.2. The minimum Gasteiger partial charge on any atom is -0.398 e. The van der Waals surface area contributed by atoms with E-state index in [2.05, 4.69) is 37.3 Å². The van der Waals surface area contributed by atoms with E-state index in [-0.39, 0.29) is 0 Å². The predicted molar refractivity (Wildman–Crippen MR) is 67.9 cm³/mol. The Labute approximate surface area is 95.1 Å². The van der Waals surface area contributed by atoms with Crippen LogP contribution in [0.4, 0.5) is 5.69 Å². The third-order valence-electron chi connectivity index (χ3n) is 2.55. The molecule has 1 aromatic rings. The first-order valence-corrected chi connectivity index (χ1v) is 6.01. The van der Waals surface area contributed by atoms with Crippen LogP contribution in [0.3, 0.4) is 0 Å². The van der Waals surface area contributed by atoms with Crippen molar-refractivity contribution < 1.29 is 0 Å². The van der Waals surface area contributed by atoms with Crippen molar-refractivity contribution in [1.82, 2.24) is 0 Å². The molecule has 1 aliphatic rings. The summed E-state index contributed by atoms with van der Waals surface area (Å²) in [4.78, 5) is 1.18. The molecule has 0 saturated heterocycles. The Kier molecular flexibility index (Phi) is 3.17. The summed E-state index contributed by atoms with van der Waals surface area (Å²) in [6.07, 6.45) is 8.68. The van der Waals surface area contributed by atoms with Gasteiger partial charge >= 0.3 is 0 Å². The average molecular weight is 217 g/mol. The molecule has 1 unspecified atom stereocenters. The van der Waals surface area contributed by atoms with Gasteiger partial charge in [-0.2, -0.15) is 0 Å². The Morgan fingerprint density at radius 2 is 1.87 bits per heavy atom. The van der Waals surface area contributed by atoms with Gasteiger partial charge < -0.3 is 5.73 Å². The molecule has 78 valence electrons. The zero-order valence-electron chi connectivity index (χ0n) is 8.76. The first-order chi connectivity index (χ1) is 7.27. The van der Waals surface area contributed by atoms with Crippen LogP contribution < -0.4 is 5.73 Å². The van der Waals surface area contributed by atoms with Crippen molar-refractivity contribution in [2.24, 2.45) is 5.92 Å². The number of nitrogens with two attached hydrogens (primary N) is 1. The number of para-hydroxylation sites is 1. The number of hydrogen-bond donors (Lipinski definition) is 1. The molecule has 2 rings (SSSR count). The predicted octanol–water partition coefficient (Wildman–Crippen LogP) is 3.49. The number of hydrogen-bond acceptors (Lipinski definition) is 2.